The van der Waals surface area contributed by atoms with Gasteiger partial charge in [0.25, 0.3) is 0 Å². The monoisotopic (exact) mass is 279 g/mol. The molecule has 0 radical (unpaired) electrons. The fraction of sp³-hybridized carbons (Fsp3) is 0.286. The first kappa shape index (κ1) is 13.6. The van der Waals surface area contributed by atoms with Crippen LogP contribution < -0.4 is 5.43 Å². The summed E-state index contributed by atoms with van der Waals surface area (Å²) in [4.78, 5) is 23.4. The van der Waals surface area contributed by atoms with Gasteiger partial charge in [-0.25, -0.2) is 4.79 Å². The first-order valence-electron chi connectivity index (χ1n) is 5.91. The van der Waals surface area contributed by atoms with E-state index in [0.29, 0.717) is 5.52 Å². The number of carboxylic acid groups (broad SMARTS) is 1. The molecule has 2 rings (SSSR count). The number of benzene rings is 1. The van der Waals surface area contributed by atoms with Crippen molar-refractivity contribution in [1.82, 2.24) is 4.57 Å². The van der Waals surface area contributed by atoms with Crippen molar-refractivity contribution in [2.45, 2.75) is 26.8 Å². The van der Waals surface area contributed by atoms with Gasteiger partial charge in [0, 0.05) is 12.2 Å². The highest BCUT2D eigenvalue weighted by molar-refractivity contribution is 6.35. The summed E-state index contributed by atoms with van der Waals surface area (Å²) in [5.41, 5.74) is 0.793. The molecule has 1 aromatic heterocycles. The molecule has 1 aromatic carbocycles. The second kappa shape index (κ2) is 4.70. The zero-order valence-electron chi connectivity index (χ0n) is 10.9. The van der Waals surface area contributed by atoms with Crippen LogP contribution in [0.1, 0.15) is 35.8 Å². The number of aromatic carboxylic acids is 1. The SMILES string of the molecule is Cc1ccc(Cl)c2c(=O)c(C(=O)O)cn(C(C)C)c12. The summed E-state index contributed by atoms with van der Waals surface area (Å²) in [5, 5.41) is 9.69. The van der Waals surface area contributed by atoms with E-state index in [-0.39, 0.29) is 22.0 Å². The Morgan fingerprint density at radius 3 is 2.53 bits per heavy atom. The molecule has 1 N–H and O–H groups in total. The van der Waals surface area contributed by atoms with E-state index in [1.165, 1.54) is 6.20 Å². The van der Waals surface area contributed by atoms with Crippen LogP contribution in [0.2, 0.25) is 5.02 Å². The summed E-state index contributed by atoms with van der Waals surface area (Å²) in [6, 6.07) is 3.47. The number of carbonyl (C=O) groups is 1. The Hall–Kier alpha value is -1.81. The topological polar surface area (TPSA) is 59.3 Å². The molecule has 19 heavy (non-hydrogen) atoms. The van der Waals surface area contributed by atoms with Gasteiger partial charge in [0.1, 0.15) is 5.56 Å². The molecule has 0 amide bonds. The van der Waals surface area contributed by atoms with E-state index in [4.69, 9.17) is 16.7 Å². The molecule has 0 spiro atoms. The highest BCUT2D eigenvalue weighted by Gasteiger charge is 2.18. The maximum absolute atomic E-state index is 12.2. The molecule has 100 valence electrons. The summed E-state index contributed by atoms with van der Waals surface area (Å²) >= 11 is 6.08. The van der Waals surface area contributed by atoms with Crippen molar-refractivity contribution in [2.75, 3.05) is 0 Å². The van der Waals surface area contributed by atoms with Crippen LogP contribution in [0.3, 0.4) is 0 Å². The standard InChI is InChI=1S/C14H14ClNO3/c1-7(2)16-6-9(14(18)19)13(17)11-10(15)5-4-8(3)12(11)16/h4-7H,1-3H3,(H,18,19). The van der Waals surface area contributed by atoms with Crippen molar-refractivity contribution < 1.29 is 9.90 Å². The second-order valence-electron chi connectivity index (χ2n) is 4.77. The molecule has 1 heterocycles. The van der Waals surface area contributed by atoms with E-state index in [1.54, 1.807) is 10.6 Å². The second-order valence-corrected chi connectivity index (χ2v) is 5.17. The minimum atomic E-state index is -1.24. The molecule has 0 aliphatic rings. The molecular formula is C14H14ClNO3. The van der Waals surface area contributed by atoms with Crippen LogP contribution >= 0.6 is 11.6 Å². The van der Waals surface area contributed by atoms with Crippen LogP contribution in [-0.4, -0.2) is 15.6 Å². The van der Waals surface area contributed by atoms with E-state index >= 15 is 0 Å². The number of fused-ring (bicyclic) bond motifs is 1. The number of aryl methyl sites for hydroxylation is 1. The van der Waals surface area contributed by atoms with Crippen LogP contribution in [0.15, 0.2) is 23.1 Å². The molecule has 0 aliphatic carbocycles. The predicted octanol–water partition coefficient (Wildman–Crippen LogP) is 3.24. The fourth-order valence-electron chi connectivity index (χ4n) is 2.18. The van der Waals surface area contributed by atoms with Crippen LogP contribution in [0, 0.1) is 6.92 Å². The Bertz CT molecular complexity index is 732. The third-order valence-electron chi connectivity index (χ3n) is 3.11. The summed E-state index contributed by atoms with van der Waals surface area (Å²) in [6.07, 6.45) is 1.39. The Kier molecular flexibility index (Phi) is 3.37. The maximum atomic E-state index is 12.2. The Labute approximate surface area is 115 Å². The zero-order valence-corrected chi connectivity index (χ0v) is 11.7. The van der Waals surface area contributed by atoms with E-state index in [2.05, 4.69) is 0 Å². The zero-order chi connectivity index (χ0) is 14.3. The van der Waals surface area contributed by atoms with E-state index < -0.39 is 11.4 Å². The average molecular weight is 280 g/mol. The van der Waals surface area contributed by atoms with Gasteiger partial charge in [0.05, 0.1) is 15.9 Å². The Morgan fingerprint density at radius 1 is 1.37 bits per heavy atom. The predicted molar refractivity (Wildman–Crippen MR) is 75.3 cm³/mol. The van der Waals surface area contributed by atoms with Crippen LogP contribution in [-0.2, 0) is 0 Å². The van der Waals surface area contributed by atoms with Crippen molar-refractivity contribution in [1.29, 1.82) is 0 Å². The van der Waals surface area contributed by atoms with Crippen molar-refractivity contribution in [3.8, 4) is 0 Å². The van der Waals surface area contributed by atoms with Gasteiger partial charge in [-0.05, 0) is 32.4 Å². The Morgan fingerprint density at radius 2 is 2.00 bits per heavy atom. The molecular weight excluding hydrogens is 266 g/mol. The summed E-state index contributed by atoms with van der Waals surface area (Å²) in [7, 11) is 0. The van der Waals surface area contributed by atoms with E-state index in [9.17, 15) is 9.59 Å². The van der Waals surface area contributed by atoms with Crippen LogP contribution in [0.4, 0.5) is 0 Å². The van der Waals surface area contributed by atoms with Gasteiger partial charge in [-0.1, -0.05) is 17.7 Å². The minimum absolute atomic E-state index is 0.0263. The lowest BCUT2D eigenvalue weighted by Crippen LogP contribution is -2.20. The molecule has 0 fully saturated rings. The Balaban J connectivity index is 3.10. The third kappa shape index (κ3) is 2.12. The normalized spacial score (nSPS) is 11.2. The van der Waals surface area contributed by atoms with Gasteiger partial charge < -0.3 is 9.67 Å². The number of nitrogens with zero attached hydrogens (tertiary/aromatic N) is 1. The lowest BCUT2D eigenvalue weighted by atomic mass is 10.1. The third-order valence-corrected chi connectivity index (χ3v) is 3.43. The quantitative estimate of drug-likeness (QED) is 0.918. The lowest BCUT2D eigenvalue weighted by Gasteiger charge is -2.18. The van der Waals surface area contributed by atoms with Gasteiger partial charge >= 0.3 is 5.97 Å². The maximum Gasteiger partial charge on any atom is 0.341 e. The first-order chi connectivity index (χ1) is 8.84. The fourth-order valence-corrected chi connectivity index (χ4v) is 2.41. The lowest BCUT2D eigenvalue weighted by molar-refractivity contribution is 0.0695. The highest BCUT2D eigenvalue weighted by Crippen LogP contribution is 2.26. The number of aromatic nitrogens is 1. The number of carboxylic acids is 1. The van der Waals surface area contributed by atoms with Gasteiger partial charge in [-0.2, -0.15) is 0 Å². The van der Waals surface area contributed by atoms with E-state index in [1.807, 2.05) is 26.8 Å². The summed E-state index contributed by atoms with van der Waals surface area (Å²) < 4.78 is 1.78. The van der Waals surface area contributed by atoms with Gasteiger partial charge in [0.15, 0.2) is 0 Å². The first-order valence-corrected chi connectivity index (χ1v) is 6.29. The van der Waals surface area contributed by atoms with Crippen molar-refractivity contribution in [2.24, 2.45) is 0 Å². The number of hydrogen-bond donors (Lipinski definition) is 1. The number of pyridine rings is 1. The van der Waals surface area contributed by atoms with Crippen molar-refractivity contribution in [3.05, 3.63) is 44.7 Å². The van der Waals surface area contributed by atoms with Gasteiger partial charge in [-0.15, -0.1) is 0 Å². The van der Waals surface area contributed by atoms with Gasteiger partial charge in [0.2, 0.25) is 5.43 Å². The number of hydrogen-bond acceptors (Lipinski definition) is 2. The van der Waals surface area contributed by atoms with Crippen molar-refractivity contribution in [3.63, 3.8) is 0 Å². The number of rotatable bonds is 2. The molecule has 0 unspecified atom stereocenters. The van der Waals surface area contributed by atoms with Crippen molar-refractivity contribution >= 4 is 28.5 Å². The molecule has 2 aromatic rings. The minimum Gasteiger partial charge on any atom is -0.477 e. The molecule has 0 saturated carbocycles. The molecule has 4 nitrogen and oxygen atoms in total. The molecule has 0 aliphatic heterocycles. The number of halogens is 1. The summed E-state index contributed by atoms with van der Waals surface area (Å²) in [5.74, 6) is -1.24. The van der Waals surface area contributed by atoms with E-state index in [0.717, 1.165) is 5.56 Å². The molecule has 0 saturated heterocycles. The highest BCUT2D eigenvalue weighted by atomic mass is 35.5. The van der Waals surface area contributed by atoms with Crippen LogP contribution in [0.25, 0.3) is 10.9 Å². The summed E-state index contributed by atoms with van der Waals surface area (Å²) in [6.45, 7) is 5.73. The molecule has 0 bridgehead atoms. The van der Waals surface area contributed by atoms with Gasteiger partial charge in [-0.3, -0.25) is 4.79 Å². The largest absolute Gasteiger partial charge is 0.477 e. The van der Waals surface area contributed by atoms with Crippen LogP contribution in [0.5, 0.6) is 0 Å². The molecule has 0 atom stereocenters. The smallest absolute Gasteiger partial charge is 0.341 e. The molecule has 5 heteroatoms. The average Bonchev–Trinajstić information content (AvgIpc) is 2.32.